The monoisotopic (exact) mass is 368 g/mol. The molecule has 0 amide bonds. The summed E-state index contributed by atoms with van der Waals surface area (Å²) in [5, 5.41) is 5.55. The van der Waals surface area contributed by atoms with Gasteiger partial charge in [0.15, 0.2) is 0 Å². The minimum Gasteiger partial charge on any atom is -1.00 e. The Morgan fingerprint density at radius 3 is 2.53 bits per heavy atom. The van der Waals surface area contributed by atoms with Gasteiger partial charge in [-0.1, -0.05) is 42.1 Å². The highest BCUT2D eigenvalue weighted by molar-refractivity contribution is 8.01. The Bertz CT molecular complexity index is 452. The lowest BCUT2D eigenvalue weighted by Gasteiger charge is -1.94. The fourth-order valence-corrected chi connectivity index (χ4v) is 3.97. The summed E-state index contributed by atoms with van der Waals surface area (Å²) in [6.45, 7) is 0. The summed E-state index contributed by atoms with van der Waals surface area (Å²) in [6, 6.07) is 10.4. The maximum Gasteiger partial charge on any atom is 0.385 e. The Hall–Kier alpha value is 0.0800. The number of halogens is 1. The van der Waals surface area contributed by atoms with Crippen LogP contribution in [-0.2, 0) is 5.75 Å². The maximum absolute atomic E-state index is 5.55. The lowest BCUT2D eigenvalue weighted by atomic mass is 10.2. The van der Waals surface area contributed by atoms with Crippen LogP contribution in [0, 0.1) is 0 Å². The van der Waals surface area contributed by atoms with Gasteiger partial charge in [0.1, 0.15) is 0 Å². The van der Waals surface area contributed by atoms with Crippen LogP contribution >= 0.6 is 32.4 Å². The molecule has 0 fully saturated rings. The number of aromatic nitrogens is 1. The first kappa shape index (κ1) is 13.1. The molecule has 0 saturated heterocycles. The van der Waals surface area contributed by atoms with Gasteiger partial charge in [0.25, 0.3) is 4.34 Å². The average molecular weight is 368 g/mol. The molecular weight excluding hydrogens is 359 g/mol. The quantitative estimate of drug-likeness (QED) is 0.393. The number of hydrogen-bond acceptors (Lipinski definition) is 4. The van der Waals surface area contributed by atoms with E-state index in [1.165, 1.54) is 15.9 Å². The summed E-state index contributed by atoms with van der Waals surface area (Å²) in [6.07, 6.45) is 0. The average Bonchev–Trinajstić information content (AvgIpc) is 2.63. The van der Waals surface area contributed by atoms with Crippen LogP contribution in [0.3, 0.4) is 0 Å². The number of thioether (sulfide) groups is 1. The van der Waals surface area contributed by atoms with E-state index in [-0.39, 0.29) is 24.0 Å². The van der Waals surface area contributed by atoms with Crippen molar-refractivity contribution >= 4 is 32.4 Å². The fraction of sp³-hybridized carbons (Fsp3) is 0.111. The van der Waals surface area contributed by atoms with Crippen molar-refractivity contribution in [1.29, 1.82) is 0 Å². The van der Waals surface area contributed by atoms with Crippen molar-refractivity contribution in [3.05, 3.63) is 40.7 Å². The third kappa shape index (κ3) is 4.21. The molecule has 2 aromatic rings. The second-order valence-electron chi connectivity index (χ2n) is 2.66. The topological polar surface area (TPSA) is 38.5 Å². The number of hydrogen-bond donors (Lipinski definition) is 1. The van der Waals surface area contributed by atoms with Gasteiger partial charge in [0.05, 0.1) is 0 Å². The van der Waals surface area contributed by atoms with Crippen LogP contribution in [0.4, 0.5) is 0 Å². The molecule has 0 spiro atoms. The van der Waals surface area contributed by atoms with Gasteiger partial charge in [-0.05, 0) is 20.9 Å². The molecule has 0 radical (unpaired) electrons. The minimum atomic E-state index is 0. The Morgan fingerprint density at radius 1 is 1.20 bits per heavy atom. The van der Waals surface area contributed by atoms with Crippen molar-refractivity contribution in [2.24, 2.45) is 0 Å². The molecule has 0 bridgehead atoms. The predicted molar refractivity (Wildman–Crippen MR) is 61.1 cm³/mol. The molecule has 2 rings (SSSR count). The van der Waals surface area contributed by atoms with E-state index in [4.69, 9.17) is 5.41 Å². The molecule has 0 saturated carbocycles. The van der Waals surface area contributed by atoms with Gasteiger partial charge in [-0.25, -0.2) is 0 Å². The lowest BCUT2D eigenvalue weighted by Crippen LogP contribution is -3.00. The molecule has 0 aliphatic rings. The fourth-order valence-electron chi connectivity index (χ4n) is 0.981. The first-order valence-corrected chi connectivity index (χ1v) is 7.20. The van der Waals surface area contributed by atoms with Crippen molar-refractivity contribution in [3.63, 3.8) is 0 Å². The Balaban J connectivity index is 0.00000112. The summed E-state index contributed by atoms with van der Waals surface area (Å²) >= 11 is 1.73. The summed E-state index contributed by atoms with van der Waals surface area (Å²) in [5.41, 5.74) is 1.32. The highest BCUT2D eigenvalue weighted by Crippen LogP contribution is 2.24. The van der Waals surface area contributed by atoms with E-state index in [1.54, 1.807) is 22.1 Å². The smallest absolute Gasteiger partial charge is 0.385 e. The maximum atomic E-state index is 5.55. The third-order valence-corrected chi connectivity index (χ3v) is 5.16. The van der Waals surface area contributed by atoms with Crippen molar-refractivity contribution in [3.8, 4) is 0 Å². The number of benzene rings is 1. The van der Waals surface area contributed by atoms with E-state index in [0.717, 1.165) is 10.1 Å². The van der Waals surface area contributed by atoms with Crippen molar-refractivity contribution in [2.75, 3.05) is 0 Å². The summed E-state index contributed by atoms with van der Waals surface area (Å²) in [5.74, 6) is 0.959. The number of nitrogens with two attached hydrogens (primary N) is 1. The Kier molecular flexibility index (Phi) is 5.80. The second kappa shape index (κ2) is 6.62. The Morgan fingerprint density at radius 2 is 1.93 bits per heavy atom. The third-order valence-electron chi connectivity index (χ3n) is 1.60. The standard InChI is InChI=1S/C9H8N2S3.HI/c10-8-11-9(14-13-8)12-6-7-4-2-1-3-5-7;/h1-5,10H,6H2;1H. The second-order valence-corrected chi connectivity index (χ2v) is 6.02. The highest BCUT2D eigenvalue weighted by Gasteiger charge is 2.06. The van der Waals surface area contributed by atoms with Gasteiger partial charge >= 0.3 is 4.80 Å². The van der Waals surface area contributed by atoms with Gasteiger partial charge in [-0.3, -0.25) is 5.41 Å². The molecular formula is C9H9IN2S3. The zero-order valence-electron chi connectivity index (χ0n) is 7.72. The highest BCUT2D eigenvalue weighted by atomic mass is 127. The van der Waals surface area contributed by atoms with Gasteiger partial charge in [-0.15, -0.1) is 0 Å². The van der Waals surface area contributed by atoms with E-state index in [2.05, 4.69) is 29.2 Å². The van der Waals surface area contributed by atoms with E-state index in [0.29, 0.717) is 4.80 Å². The number of rotatable bonds is 3. The van der Waals surface area contributed by atoms with Crippen LogP contribution in [0.25, 0.3) is 0 Å². The summed E-state index contributed by atoms with van der Waals surface area (Å²) in [4.78, 5) is 4.86. The first-order valence-electron chi connectivity index (χ1n) is 4.07. The van der Waals surface area contributed by atoms with Crippen LogP contribution in [0.1, 0.15) is 5.56 Å². The van der Waals surface area contributed by atoms with E-state index >= 15 is 0 Å². The van der Waals surface area contributed by atoms with Gasteiger partial charge in [0, 0.05) is 16.1 Å². The van der Waals surface area contributed by atoms with Crippen LogP contribution in [0.2, 0.25) is 0 Å². The molecule has 80 valence electrons. The van der Waals surface area contributed by atoms with Crippen LogP contribution in [0.5, 0.6) is 0 Å². The minimum absolute atomic E-state index is 0. The SMILES string of the molecule is [I-].[NH2+]=c1nc(SCc2ccccc2)ss1. The van der Waals surface area contributed by atoms with Gasteiger partial charge in [0.2, 0.25) is 0 Å². The van der Waals surface area contributed by atoms with Crippen LogP contribution in [-0.4, -0.2) is 4.98 Å². The molecule has 0 aliphatic carbocycles. The van der Waals surface area contributed by atoms with Crippen molar-refractivity contribution in [2.45, 2.75) is 10.1 Å². The molecule has 6 heteroatoms. The predicted octanol–water partition coefficient (Wildman–Crippen LogP) is -1.84. The van der Waals surface area contributed by atoms with E-state index in [1.807, 2.05) is 6.07 Å². The largest absolute Gasteiger partial charge is 1.00 e. The lowest BCUT2D eigenvalue weighted by molar-refractivity contribution is -0.172. The zero-order chi connectivity index (χ0) is 9.80. The molecule has 15 heavy (non-hydrogen) atoms. The molecule has 0 atom stereocenters. The Labute approximate surface area is 117 Å². The molecule has 2 nitrogen and oxygen atoms in total. The van der Waals surface area contributed by atoms with Crippen molar-refractivity contribution < 1.29 is 29.4 Å². The normalized spacial score (nSPS) is 9.60. The molecule has 1 heterocycles. The van der Waals surface area contributed by atoms with Gasteiger partial charge < -0.3 is 24.0 Å². The van der Waals surface area contributed by atoms with E-state index < -0.39 is 0 Å². The first-order chi connectivity index (χ1) is 6.84. The molecule has 0 aliphatic heterocycles. The molecule has 2 N–H and O–H groups in total. The van der Waals surface area contributed by atoms with Gasteiger partial charge in [-0.2, -0.15) is 0 Å². The molecule has 1 aromatic carbocycles. The van der Waals surface area contributed by atoms with Crippen molar-refractivity contribution in [1.82, 2.24) is 4.98 Å². The molecule has 0 unspecified atom stereocenters. The van der Waals surface area contributed by atoms with Crippen LogP contribution < -0.4 is 34.2 Å². The number of nitrogens with zero attached hydrogens (tertiary/aromatic N) is 1. The van der Waals surface area contributed by atoms with E-state index in [9.17, 15) is 0 Å². The summed E-state index contributed by atoms with van der Waals surface area (Å²) in [7, 11) is 3.16. The zero-order valence-corrected chi connectivity index (χ0v) is 12.3. The molecule has 1 aromatic heterocycles. The summed E-state index contributed by atoms with van der Waals surface area (Å²) < 4.78 is 1.05. The van der Waals surface area contributed by atoms with Crippen LogP contribution in [0.15, 0.2) is 34.7 Å².